The minimum absolute atomic E-state index is 0.0239. The molecule has 0 aromatic heterocycles. The molecule has 0 spiro atoms. The number of nitrogens with zero attached hydrogens (tertiary/aromatic N) is 4. The average Bonchev–Trinajstić information content (AvgIpc) is 2.84. The Morgan fingerprint density at radius 3 is 1.38 bits per heavy atom. The fraction of sp³-hybridized carbons (Fsp3) is 0.364. The van der Waals surface area contributed by atoms with Gasteiger partial charge in [-0.25, -0.2) is 10.1 Å². The van der Waals surface area contributed by atoms with Crippen LogP contribution in [-0.2, 0) is 32.5 Å². The molecular formula is C22H22N4O8. The predicted molar refractivity (Wildman–Crippen MR) is 116 cm³/mol. The van der Waals surface area contributed by atoms with Crippen molar-refractivity contribution in [3.63, 3.8) is 0 Å². The molecule has 0 N–H and O–H groups in total. The van der Waals surface area contributed by atoms with E-state index >= 15 is 0 Å². The minimum Gasteiger partial charge on any atom is -0.265 e. The summed E-state index contributed by atoms with van der Waals surface area (Å²) >= 11 is 0. The molecule has 34 heavy (non-hydrogen) atoms. The van der Waals surface area contributed by atoms with Crippen LogP contribution in [0.5, 0.6) is 0 Å². The summed E-state index contributed by atoms with van der Waals surface area (Å²) in [4.78, 5) is 57.7. The molecule has 1 aliphatic carbocycles. The molecule has 1 saturated carbocycles. The van der Waals surface area contributed by atoms with Gasteiger partial charge in [-0.15, -0.1) is 0 Å². The van der Waals surface area contributed by atoms with Crippen LogP contribution in [0.2, 0.25) is 0 Å². The zero-order valence-corrected chi connectivity index (χ0v) is 18.1. The number of benzene rings is 2. The fourth-order valence-corrected chi connectivity index (χ4v) is 4.15. The second-order valence-electron chi connectivity index (χ2n) is 8.08. The first-order valence-electron chi connectivity index (χ1n) is 10.7. The monoisotopic (exact) mass is 470 g/mol. The molecule has 2 aliphatic rings. The van der Waals surface area contributed by atoms with E-state index in [1.807, 2.05) is 0 Å². The van der Waals surface area contributed by atoms with Gasteiger partial charge in [-0.2, -0.15) is 0 Å². The Morgan fingerprint density at radius 2 is 1.06 bits per heavy atom. The van der Waals surface area contributed by atoms with Crippen LogP contribution in [0.25, 0.3) is 0 Å². The van der Waals surface area contributed by atoms with E-state index in [1.165, 1.54) is 48.5 Å². The van der Waals surface area contributed by atoms with E-state index in [9.17, 15) is 29.8 Å². The Hall–Kier alpha value is -3.90. The van der Waals surface area contributed by atoms with Gasteiger partial charge in [0.05, 0.1) is 21.9 Å². The first-order valence-corrected chi connectivity index (χ1v) is 10.7. The van der Waals surface area contributed by atoms with E-state index in [1.54, 1.807) is 0 Å². The third kappa shape index (κ3) is 4.87. The maximum Gasteiger partial charge on any atom is 0.338 e. The van der Waals surface area contributed by atoms with Crippen LogP contribution in [0, 0.1) is 20.2 Å². The van der Waals surface area contributed by atoms with Crippen LogP contribution in [0.4, 0.5) is 11.4 Å². The van der Waals surface area contributed by atoms with Crippen molar-refractivity contribution in [2.75, 3.05) is 0 Å². The number of hydrogen-bond acceptors (Lipinski definition) is 8. The zero-order valence-electron chi connectivity index (χ0n) is 18.1. The lowest BCUT2D eigenvalue weighted by atomic mass is 9.88. The third-order valence-corrected chi connectivity index (χ3v) is 5.91. The molecule has 12 heteroatoms. The summed E-state index contributed by atoms with van der Waals surface area (Å²) in [5, 5.41) is 23.8. The summed E-state index contributed by atoms with van der Waals surface area (Å²) in [7, 11) is 0. The van der Waals surface area contributed by atoms with Gasteiger partial charge in [-0.3, -0.25) is 39.5 Å². The summed E-state index contributed by atoms with van der Waals surface area (Å²) in [5.74, 6) is -1.71. The van der Waals surface area contributed by atoms with Crippen molar-refractivity contribution in [1.82, 2.24) is 10.1 Å². The molecule has 2 fully saturated rings. The van der Waals surface area contributed by atoms with Gasteiger partial charge in [0.15, 0.2) is 0 Å². The Morgan fingerprint density at radius 1 is 0.706 bits per heavy atom. The Balaban J connectivity index is 1.43. The highest BCUT2D eigenvalue weighted by Crippen LogP contribution is 2.32. The number of rotatable bonds is 8. The number of carbonyl (C=O) groups excluding carboxylic acids is 2. The molecule has 12 nitrogen and oxygen atoms in total. The summed E-state index contributed by atoms with van der Waals surface area (Å²) in [6, 6.07) is 10.7. The number of non-ortho nitro benzene ring substituents is 2. The fourth-order valence-electron chi connectivity index (χ4n) is 4.15. The van der Waals surface area contributed by atoms with Crippen molar-refractivity contribution < 1.29 is 29.1 Å². The average molecular weight is 470 g/mol. The van der Waals surface area contributed by atoms with E-state index in [2.05, 4.69) is 0 Å². The van der Waals surface area contributed by atoms with Crippen LogP contribution in [0.3, 0.4) is 0 Å². The number of fused-ring (bicyclic) bond motifs is 1. The van der Waals surface area contributed by atoms with Crippen molar-refractivity contribution in [3.8, 4) is 0 Å². The first kappa shape index (κ1) is 23.3. The van der Waals surface area contributed by atoms with Gasteiger partial charge in [0.1, 0.15) is 13.2 Å². The van der Waals surface area contributed by atoms with Crippen LogP contribution in [-0.4, -0.2) is 43.9 Å². The lowest BCUT2D eigenvalue weighted by Crippen LogP contribution is -2.65. The number of carbonyl (C=O) groups is 2. The molecule has 1 heterocycles. The maximum atomic E-state index is 12.9. The standard InChI is InChI=1S/C22H22N4O8/c27-21-22(28)24(34-14-16-7-11-18(12-8-16)26(31)32)20-4-2-1-3-19(20)23(21)33-13-15-5-9-17(10-6-15)25(29)30/h5-12,19-20H,1-4,13-14H2/t19-,20-/m0/s1. The molecule has 0 unspecified atom stereocenters. The van der Waals surface area contributed by atoms with Gasteiger partial charge in [0.25, 0.3) is 11.4 Å². The Bertz CT molecular complexity index is 1000. The number of hydroxylamine groups is 4. The molecule has 4 rings (SSSR count). The molecular weight excluding hydrogens is 448 g/mol. The molecule has 2 atom stereocenters. The second kappa shape index (κ2) is 9.93. The van der Waals surface area contributed by atoms with Crippen LogP contribution >= 0.6 is 0 Å². The molecule has 178 valence electrons. The van der Waals surface area contributed by atoms with E-state index in [4.69, 9.17) is 9.68 Å². The van der Waals surface area contributed by atoms with Crippen molar-refractivity contribution in [2.45, 2.75) is 51.0 Å². The second-order valence-corrected chi connectivity index (χ2v) is 8.08. The highest BCUT2D eigenvalue weighted by atomic mass is 16.7. The Labute approximate surface area is 193 Å². The number of amides is 2. The lowest BCUT2D eigenvalue weighted by molar-refractivity contribution is -0.385. The normalized spacial score (nSPS) is 20.2. The largest absolute Gasteiger partial charge is 0.338 e. The smallest absolute Gasteiger partial charge is 0.265 e. The van der Waals surface area contributed by atoms with Crippen molar-refractivity contribution in [1.29, 1.82) is 0 Å². The zero-order chi connectivity index (χ0) is 24.2. The highest BCUT2D eigenvalue weighted by Gasteiger charge is 2.49. The predicted octanol–water partition coefficient (Wildman–Crippen LogP) is 3.05. The summed E-state index contributed by atoms with van der Waals surface area (Å²) in [6.07, 6.45) is 2.97. The van der Waals surface area contributed by atoms with Crippen LogP contribution < -0.4 is 0 Å². The molecule has 2 amide bonds. The molecule has 0 bridgehead atoms. The quantitative estimate of drug-likeness (QED) is 0.325. The van der Waals surface area contributed by atoms with E-state index in [0.717, 1.165) is 23.0 Å². The maximum absolute atomic E-state index is 12.9. The van der Waals surface area contributed by atoms with Crippen molar-refractivity contribution >= 4 is 23.2 Å². The summed E-state index contributed by atoms with van der Waals surface area (Å²) < 4.78 is 0. The Kier molecular flexibility index (Phi) is 6.80. The number of nitro benzene ring substituents is 2. The van der Waals surface area contributed by atoms with Crippen molar-refractivity contribution in [2.24, 2.45) is 0 Å². The lowest BCUT2D eigenvalue weighted by Gasteiger charge is -2.46. The minimum atomic E-state index is -0.853. The van der Waals surface area contributed by atoms with Gasteiger partial charge >= 0.3 is 11.8 Å². The van der Waals surface area contributed by atoms with E-state index in [-0.39, 0.29) is 24.6 Å². The van der Waals surface area contributed by atoms with Gasteiger partial charge in [-0.1, -0.05) is 12.8 Å². The van der Waals surface area contributed by atoms with Crippen LogP contribution in [0.1, 0.15) is 36.8 Å². The third-order valence-electron chi connectivity index (χ3n) is 5.91. The van der Waals surface area contributed by atoms with Gasteiger partial charge < -0.3 is 0 Å². The highest BCUT2D eigenvalue weighted by molar-refractivity contribution is 6.35. The van der Waals surface area contributed by atoms with E-state index in [0.29, 0.717) is 24.0 Å². The summed E-state index contributed by atoms with van der Waals surface area (Å²) in [5.41, 5.74) is 1.13. The van der Waals surface area contributed by atoms with Gasteiger partial charge in [0, 0.05) is 24.3 Å². The van der Waals surface area contributed by atoms with Gasteiger partial charge in [-0.05, 0) is 48.2 Å². The van der Waals surface area contributed by atoms with Crippen molar-refractivity contribution in [3.05, 3.63) is 79.9 Å². The molecule has 1 aliphatic heterocycles. The number of nitro groups is 2. The molecule has 2 aromatic rings. The molecule has 2 aromatic carbocycles. The topological polar surface area (TPSA) is 145 Å². The van der Waals surface area contributed by atoms with Crippen LogP contribution in [0.15, 0.2) is 48.5 Å². The molecule has 0 radical (unpaired) electrons. The first-order chi connectivity index (χ1) is 16.3. The number of piperazine rings is 1. The SMILES string of the molecule is O=C1C(=O)N(OCc2ccc([N+](=O)[O-])cc2)[C@H]2CCCC[C@@H]2N1OCc1ccc([N+](=O)[O-])cc1. The number of hydrogen-bond donors (Lipinski definition) is 0. The molecule has 1 saturated heterocycles. The van der Waals surface area contributed by atoms with Gasteiger partial charge in [0.2, 0.25) is 0 Å². The van der Waals surface area contributed by atoms with E-state index < -0.39 is 33.7 Å². The summed E-state index contributed by atoms with van der Waals surface area (Å²) in [6.45, 7) is -0.0478.